The van der Waals surface area contributed by atoms with Gasteiger partial charge in [0, 0.05) is 16.1 Å². The lowest BCUT2D eigenvalue weighted by Crippen LogP contribution is -1.79. The second-order valence-electron chi connectivity index (χ2n) is 3.34. The molecule has 0 fully saturated rings. The van der Waals surface area contributed by atoms with Crippen LogP contribution in [0.4, 0.5) is 0 Å². The molecule has 0 amide bonds. The van der Waals surface area contributed by atoms with Crippen LogP contribution in [0.1, 0.15) is 11.1 Å². The Balaban J connectivity index is 2.91. The first-order valence-corrected chi connectivity index (χ1v) is 5.43. The molecule has 0 spiro atoms. The van der Waals surface area contributed by atoms with Crippen LogP contribution in [0.5, 0.6) is 0 Å². The van der Waals surface area contributed by atoms with Crippen molar-refractivity contribution in [3.05, 3.63) is 33.9 Å². The lowest BCUT2D eigenvalue weighted by Gasteiger charge is -2.00. The van der Waals surface area contributed by atoms with Gasteiger partial charge in [-0.2, -0.15) is 0 Å². The largest absolute Gasteiger partial charge is 0.332 e. The third kappa shape index (κ3) is 1.43. The molecule has 0 bridgehead atoms. The highest BCUT2D eigenvalue weighted by molar-refractivity contribution is 9.10. The zero-order valence-corrected chi connectivity index (χ0v) is 10.4. The third-order valence-electron chi connectivity index (χ3n) is 2.31. The molecular formula is C10H11BrNP. The molecule has 0 saturated carbocycles. The summed E-state index contributed by atoms with van der Waals surface area (Å²) in [5.74, 6) is 0. The first-order valence-electron chi connectivity index (χ1n) is 4.12. The lowest BCUT2D eigenvalue weighted by molar-refractivity contribution is 1.32. The summed E-state index contributed by atoms with van der Waals surface area (Å²) in [6, 6.07) is 4.37. The summed E-state index contributed by atoms with van der Waals surface area (Å²) in [4.78, 5) is 0. The lowest BCUT2D eigenvalue weighted by atomic mass is 10.1. The molecule has 0 saturated heterocycles. The highest BCUT2D eigenvalue weighted by Crippen LogP contribution is 2.28. The van der Waals surface area contributed by atoms with Crippen LogP contribution < -0.4 is 0 Å². The van der Waals surface area contributed by atoms with E-state index in [-0.39, 0.29) is 0 Å². The van der Waals surface area contributed by atoms with Gasteiger partial charge in [0.15, 0.2) is 0 Å². The minimum absolute atomic E-state index is 1.18. The Morgan fingerprint density at radius 1 is 1.23 bits per heavy atom. The van der Waals surface area contributed by atoms with Crippen molar-refractivity contribution in [1.82, 2.24) is 4.34 Å². The van der Waals surface area contributed by atoms with E-state index < -0.39 is 0 Å². The van der Waals surface area contributed by atoms with E-state index in [1.807, 2.05) is 0 Å². The van der Waals surface area contributed by atoms with Crippen molar-refractivity contribution < 1.29 is 0 Å². The van der Waals surface area contributed by atoms with Crippen molar-refractivity contribution >= 4 is 36.2 Å². The summed E-state index contributed by atoms with van der Waals surface area (Å²) < 4.78 is 3.27. The summed E-state index contributed by atoms with van der Waals surface area (Å²) in [7, 11) is 2.70. The number of benzene rings is 1. The topological polar surface area (TPSA) is 4.93 Å². The van der Waals surface area contributed by atoms with E-state index in [4.69, 9.17) is 0 Å². The van der Waals surface area contributed by atoms with E-state index in [2.05, 4.69) is 61.8 Å². The Morgan fingerprint density at radius 3 is 2.62 bits per heavy atom. The third-order valence-corrected chi connectivity index (χ3v) is 3.59. The molecule has 1 aromatic carbocycles. The number of aromatic nitrogens is 1. The van der Waals surface area contributed by atoms with E-state index in [0.29, 0.717) is 0 Å². The molecule has 1 nitrogen and oxygen atoms in total. The molecule has 1 heterocycles. The van der Waals surface area contributed by atoms with Crippen LogP contribution in [0.3, 0.4) is 0 Å². The maximum absolute atomic E-state index is 3.54. The molecular weight excluding hydrogens is 245 g/mol. The van der Waals surface area contributed by atoms with Gasteiger partial charge in [-0.05, 0) is 46.5 Å². The van der Waals surface area contributed by atoms with Crippen LogP contribution in [0.15, 0.2) is 22.8 Å². The van der Waals surface area contributed by atoms with Gasteiger partial charge in [0.05, 0.1) is 5.52 Å². The molecule has 13 heavy (non-hydrogen) atoms. The van der Waals surface area contributed by atoms with Crippen LogP contribution in [-0.4, -0.2) is 4.34 Å². The molecule has 3 heteroatoms. The number of nitrogens with zero attached hydrogens (tertiary/aromatic N) is 1. The van der Waals surface area contributed by atoms with Crippen molar-refractivity contribution in [2.24, 2.45) is 0 Å². The fraction of sp³-hybridized carbons (Fsp3) is 0.200. The van der Waals surface area contributed by atoms with Gasteiger partial charge in [-0.3, -0.25) is 0 Å². The molecule has 2 rings (SSSR count). The van der Waals surface area contributed by atoms with Gasteiger partial charge in [0.2, 0.25) is 0 Å². The summed E-state index contributed by atoms with van der Waals surface area (Å²) in [5, 5.41) is 1.31. The Bertz CT molecular complexity index is 431. The second kappa shape index (κ2) is 3.11. The Morgan fingerprint density at radius 2 is 1.92 bits per heavy atom. The highest BCUT2D eigenvalue weighted by atomic mass is 79.9. The van der Waals surface area contributed by atoms with Crippen molar-refractivity contribution in [1.29, 1.82) is 0 Å². The number of fused-ring (bicyclic) bond motifs is 1. The van der Waals surface area contributed by atoms with Crippen molar-refractivity contribution in [3.63, 3.8) is 0 Å². The van der Waals surface area contributed by atoms with Gasteiger partial charge < -0.3 is 4.34 Å². The summed E-state index contributed by atoms with van der Waals surface area (Å²) in [5.41, 5.74) is 3.85. The Hall–Kier alpha value is -0.330. The van der Waals surface area contributed by atoms with Crippen LogP contribution in [0.25, 0.3) is 10.9 Å². The maximum Gasteiger partial charge on any atom is 0.0515 e. The number of hydrogen-bond acceptors (Lipinski definition) is 0. The average Bonchev–Trinajstić information content (AvgIpc) is 2.31. The second-order valence-corrected chi connectivity index (χ2v) is 4.75. The standard InChI is InChI=1S/C10H11BrNP/c1-6-3-10-8(4-9(6)11)7(2)5-12(10)13/h3-5H,13H2,1-2H3. The van der Waals surface area contributed by atoms with Crippen molar-refractivity contribution in [3.8, 4) is 0 Å². The fourth-order valence-electron chi connectivity index (χ4n) is 1.54. The van der Waals surface area contributed by atoms with Crippen LogP contribution in [-0.2, 0) is 0 Å². The van der Waals surface area contributed by atoms with Gasteiger partial charge in [-0.25, -0.2) is 0 Å². The molecule has 1 unspecified atom stereocenters. The molecule has 0 radical (unpaired) electrons. The number of halogens is 1. The Kier molecular flexibility index (Phi) is 2.21. The predicted octanol–water partition coefficient (Wildman–Crippen LogP) is 3.66. The summed E-state index contributed by atoms with van der Waals surface area (Å²) >= 11 is 3.54. The van der Waals surface area contributed by atoms with E-state index in [1.165, 1.54) is 26.5 Å². The van der Waals surface area contributed by atoms with E-state index in [9.17, 15) is 0 Å². The smallest absolute Gasteiger partial charge is 0.0515 e. The molecule has 2 aromatic rings. The molecule has 0 aliphatic heterocycles. The zero-order chi connectivity index (χ0) is 9.59. The first-order chi connectivity index (χ1) is 6.09. The maximum atomic E-state index is 3.54. The quantitative estimate of drug-likeness (QED) is 0.634. The molecule has 1 atom stereocenters. The van der Waals surface area contributed by atoms with Gasteiger partial charge in [0.25, 0.3) is 0 Å². The van der Waals surface area contributed by atoms with Crippen LogP contribution in [0, 0.1) is 13.8 Å². The highest BCUT2D eigenvalue weighted by Gasteiger charge is 2.05. The zero-order valence-electron chi connectivity index (χ0n) is 7.63. The molecule has 0 aliphatic rings. The van der Waals surface area contributed by atoms with Gasteiger partial charge >= 0.3 is 0 Å². The monoisotopic (exact) mass is 255 g/mol. The SMILES string of the molecule is Cc1cc2c(cc1Br)c(C)cn2P. The van der Waals surface area contributed by atoms with Crippen molar-refractivity contribution in [2.75, 3.05) is 0 Å². The predicted molar refractivity (Wildman–Crippen MR) is 64.2 cm³/mol. The number of hydrogen-bond donors (Lipinski definition) is 0. The molecule has 0 aliphatic carbocycles. The van der Waals surface area contributed by atoms with Gasteiger partial charge in [-0.15, -0.1) is 0 Å². The van der Waals surface area contributed by atoms with Crippen LogP contribution in [0.2, 0.25) is 0 Å². The summed E-state index contributed by atoms with van der Waals surface area (Å²) in [6.45, 7) is 4.24. The normalized spacial score (nSPS) is 11.1. The fourth-order valence-corrected chi connectivity index (χ4v) is 2.32. The summed E-state index contributed by atoms with van der Waals surface area (Å²) in [6.07, 6.45) is 2.13. The van der Waals surface area contributed by atoms with Gasteiger partial charge in [-0.1, -0.05) is 15.9 Å². The van der Waals surface area contributed by atoms with Crippen molar-refractivity contribution in [2.45, 2.75) is 13.8 Å². The number of rotatable bonds is 0. The van der Waals surface area contributed by atoms with E-state index >= 15 is 0 Å². The van der Waals surface area contributed by atoms with Crippen LogP contribution >= 0.6 is 25.3 Å². The Labute approximate surface area is 88.5 Å². The molecule has 68 valence electrons. The minimum atomic E-state index is 1.18. The van der Waals surface area contributed by atoms with E-state index in [1.54, 1.807) is 0 Å². The average molecular weight is 256 g/mol. The van der Waals surface area contributed by atoms with Gasteiger partial charge in [0.1, 0.15) is 0 Å². The molecule has 0 N–H and O–H groups in total. The van der Waals surface area contributed by atoms with E-state index in [0.717, 1.165) is 0 Å². The first kappa shape index (κ1) is 9.23. The minimum Gasteiger partial charge on any atom is -0.332 e. The number of aryl methyl sites for hydroxylation is 2. The molecule has 1 aromatic heterocycles.